The van der Waals surface area contributed by atoms with Crippen molar-refractivity contribution >= 4 is 0 Å². The Morgan fingerprint density at radius 2 is 1.45 bits per heavy atom. The summed E-state index contributed by atoms with van der Waals surface area (Å²) >= 11 is 0. The van der Waals surface area contributed by atoms with Crippen molar-refractivity contribution in [1.29, 1.82) is 0 Å². The molecule has 1 aliphatic carbocycles. The highest BCUT2D eigenvalue weighted by molar-refractivity contribution is 4.77. The fraction of sp³-hybridized carbons (Fsp3) is 0.875. The molecule has 1 fully saturated rings. The van der Waals surface area contributed by atoms with E-state index in [1.165, 1.54) is 0 Å². The van der Waals surface area contributed by atoms with Gasteiger partial charge in [-0.2, -0.15) is 13.2 Å². The number of hydrogen-bond donors (Lipinski definition) is 0. The van der Waals surface area contributed by atoms with Gasteiger partial charge in [-0.15, -0.1) is 0 Å². The smallest absolute Gasteiger partial charge is 0.171 e. The van der Waals surface area contributed by atoms with Crippen LogP contribution in [-0.4, -0.2) is 6.18 Å². The van der Waals surface area contributed by atoms with Crippen LogP contribution >= 0.6 is 0 Å². The predicted octanol–water partition coefficient (Wildman–Crippen LogP) is 3.19. The molecular formula is C8H12F3. The first-order valence-corrected chi connectivity index (χ1v) is 3.90. The molecule has 0 N–H and O–H groups in total. The Bertz CT molecular complexity index is 120. The van der Waals surface area contributed by atoms with Gasteiger partial charge in [0.2, 0.25) is 0 Å². The van der Waals surface area contributed by atoms with E-state index in [1.807, 2.05) is 0 Å². The lowest BCUT2D eigenvalue weighted by Crippen LogP contribution is -2.27. The summed E-state index contributed by atoms with van der Waals surface area (Å²) in [7, 11) is 0. The average molecular weight is 165 g/mol. The maximum atomic E-state index is 12.0. The topological polar surface area (TPSA) is 0 Å². The molecule has 1 radical (unpaired) electrons. The number of alkyl halides is 3. The zero-order chi connectivity index (χ0) is 8.48. The van der Waals surface area contributed by atoms with Crippen molar-refractivity contribution < 1.29 is 13.2 Å². The van der Waals surface area contributed by atoms with Gasteiger partial charge in [0, 0.05) is 0 Å². The fourth-order valence-electron chi connectivity index (χ4n) is 1.49. The van der Waals surface area contributed by atoms with Gasteiger partial charge in [0.1, 0.15) is 0 Å². The van der Waals surface area contributed by atoms with Crippen LogP contribution in [0.3, 0.4) is 0 Å². The molecule has 0 atom stereocenters. The first-order chi connectivity index (χ1) is 5.00. The first-order valence-electron chi connectivity index (χ1n) is 3.90. The fourth-order valence-corrected chi connectivity index (χ4v) is 1.49. The monoisotopic (exact) mass is 165 g/mol. The lowest BCUT2D eigenvalue weighted by atomic mass is 9.83. The van der Waals surface area contributed by atoms with Crippen LogP contribution in [0.15, 0.2) is 0 Å². The Morgan fingerprint density at radius 1 is 1.00 bits per heavy atom. The van der Waals surface area contributed by atoms with E-state index in [2.05, 4.69) is 6.92 Å². The zero-order valence-electron chi connectivity index (χ0n) is 6.32. The summed E-state index contributed by atoms with van der Waals surface area (Å²) in [5, 5.41) is 0. The minimum atomic E-state index is -3.97. The van der Waals surface area contributed by atoms with E-state index in [0.29, 0.717) is 12.8 Å². The molecule has 0 heterocycles. The van der Waals surface area contributed by atoms with Crippen molar-refractivity contribution in [2.45, 2.75) is 31.9 Å². The summed E-state index contributed by atoms with van der Waals surface area (Å²) in [6, 6.07) is 0. The standard InChI is InChI=1S/C8H12F3/c1-6-2-4-7(5-3-6)8(9,10)11/h6-7H,1-5H2/t6-,7-. The van der Waals surface area contributed by atoms with Crippen molar-refractivity contribution in [3.05, 3.63) is 6.92 Å². The minimum Gasteiger partial charge on any atom is -0.171 e. The lowest BCUT2D eigenvalue weighted by Gasteiger charge is -2.27. The summed E-state index contributed by atoms with van der Waals surface area (Å²) in [6.07, 6.45) is -2.16. The molecule has 0 spiro atoms. The molecule has 1 rings (SSSR count). The van der Waals surface area contributed by atoms with Gasteiger partial charge in [-0.1, -0.05) is 6.92 Å². The maximum absolute atomic E-state index is 12.0. The van der Waals surface area contributed by atoms with Crippen LogP contribution in [0.25, 0.3) is 0 Å². The van der Waals surface area contributed by atoms with Crippen LogP contribution in [-0.2, 0) is 0 Å². The molecule has 1 saturated carbocycles. The Balaban J connectivity index is 2.39. The van der Waals surface area contributed by atoms with Gasteiger partial charge in [0.15, 0.2) is 0 Å². The average Bonchev–Trinajstić information content (AvgIpc) is 1.86. The largest absolute Gasteiger partial charge is 0.391 e. The van der Waals surface area contributed by atoms with Gasteiger partial charge in [0.25, 0.3) is 0 Å². The summed E-state index contributed by atoms with van der Waals surface area (Å²) in [5.41, 5.74) is 0. The quantitative estimate of drug-likeness (QED) is 0.517. The Hall–Kier alpha value is -0.210. The van der Waals surface area contributed by atoms with Crippen molar-refractivity contribution in [1.82, 2.24) is 0 Å². The summed E-state index contributed by atoms with van der Waals surface area (Å²) in [6.45, 7) is 3.75. The van der Waals surface area contributed by atoms with Gasteiger partial charge in [0.05, 0.1) is 5.92 Å². The van der Waals surface area contributed by atoms with Gasteiger partial charge in [-0.25, -0.2) is 0 Å². The van der Waals surface area contributed by atoms with Crippen LogP contribution < -0.4 is 0 Å². The molecule has 0 aromatic carbocycles. The molecule has 1 aliphatic rings. The zero-order valence-corrected chi connectivity index (χ0v) is 6.32. The Morgan fingerprint density at radius 3 is 1.82 bits per heavy atom. The maximum Gasteiger partial charge on any atom is 0.391 e. The van der Waals surface area contributed by atoms with Gasteiger partial charge < -0.3 is 0 Å². The van der Waals surface area contributed by atoms with Crippen LogP contribution in [0.5, 0.6) is 0 Å². The van der Waals surface area contributed by atoms with Crippen LogP contribution in [0.1, 0.15) is 25.7 Å². The molecule has 0 aliphatic heterocycles. The molecule has 0 aromatic rings. The van der Waals surface area contributed by atoms with Crippen molar-refractivity contribution in [2.75, 3.05) is 0 Å². The normalized spacial score (nSPS) is 33.8. The predicted molar refractivity (Wildman–Crippen MR) is 36.9 cm³/mol. The SMILES string of the molecule is [CH2][C@H]1CC[C@H](C(F)(F)F)CC1. The molecule has 0 nitrogen and oxygen atoms in total. The van der Waals surface area contributed by atoms with E-state index in [-0.39, 0.29) is 18.8 Å². The minimum absolute atomic E-state index is 0.244. The molecule has 0 unspecified atom stereocenters. The molecule has 0 bridgehead atoms. The first kappa shape index (κ1) is 8.88. The van der Waals surface area contributed by atoms with Crippen molar-refractivity contribution in [3.8, 4) is 0 Å². The van der Waals surface area contributed by atoms with Crippen molar-refractivity contribution in [3.63, 3.8) is 0 Å². The van der Waals surface area contributed by atoms with Gasteiger partial charge in [-0.3, -0.25) is 0 Å². The van der Waals surface area contributed by atoms with E-state index >= 15 is 0 Å². The second-order valence-corrected chi connectivity index (χ2v) is 3.26. The lowest BCUT2D eigenvalue weighted by molar-refractivity contribution is -0.183. The van der Waals surface area contributed by atoms with Crippen LogP contribution in [0, 0.1) is 18.8 Å². The molecule has 0 aromatic heterocycles. The van der Waals surface area contributed by atoms with Gasteiger partial charge >= 0.3 is 6.18 Å². The number of rotatable bonds is 0. The number of halogens is 3. The van der Waals surface area contributed by atoms with E-state index in [0.717, 1.165) is 0 Å². The van der Waals surface area contributed by atoms with Crippen LogP contribution in [0.2, 0.25) is 0 Å². The molecule has 3 heteroatoms. The highest BCUT2D eigenvalue weighted by Crippen LogP contribution is 2.38. The third-order valence-corrected chi connectivity index (χ3v) is 2.31. The van der Waals surface area contributed by atoms with Crippen molar-refractivity contribution in [2.24, 2.45) is 11.8 Å². The van der Waals surface area contributed by atoms with Gasteiger partial charge in [-0.05, 0) is 31.6 Å². The second kappa shape index (κ2) is 3.03. The third-order valence-electron chi connectivity index (χ3n) is 2.31. The Labute approximate surface area is 64.8 Å². The Kier molecular flexibility index (Phi) is 2.45. The van der Waals surface area contributed by atoms with E-state index < -0.39 is 12.1 Å². The summed E-state index contributed by atoms with van der Waals surface area (Å²) in [4.78, 5) is 0. The highest BCUT2D eigenvalue weighted by Gasteiger charge is 2.40. The second-order valence-electron chi connectivity index (χ2n) is 3.26. The third kappa shape index (κ3) is 2.38. The molecule has 0 saturated heterocycles. The van der Waals surface area contributed by atoms with E-state index in [9.17, 15) is 13.2 Å². The van der Waals surface area contributed by atoms with E-state index in [4.69, 9.17) is 0 Å². The highest BCUT2D eigenvalue weighted by atomic mass is 19.4. The summed E-state index contributed by atoms with van der Waals surface area (Å²) < 4.78 is 36.1. The number of hydrogen-bond acceptors (Lipinski definition) is 0. The molecule has 0 amide bonds. The van der Waals surface area contributed by atoms with E-state index in [1.54, 1.807) is 0 Å². The molecule has 65 valence electrons. The van der Waals surface area contributed by atoms with Crippen LogP contribution in [0.4, 0.5) is 13.2 Å². The summed E-state index contributed by atoms with van der Waals surface area (Å²) in [5.74, 6) is -0.811. The molecule has 11 heavy (non-hydrogen) atoms. The molecular weight excluding hydrogens is 153 g/mol.